The average molecular weight is 329 g/mol. The van der Waals surface area contributed by atoms with Crippen molar-refractivity contribution in [2.45, 2.75) is 17.1 Å². The molecule has 2 aromatic heterocycles. The van der Waals surface area contributed by atoms with Crippen LogP contribution >= 0.6 is 11.3 Å². The van der Waals surface area contributed by atoms with Gasteiger partial charge in [0.15, 0.2) is 0 Å². The van der Waals surface area contributed by atoms with Gasteiger partial charge in [0.2, 0.25) is 10.0 Å². The third-order valence-corrected chi connectivity index (χ3v) is 5.73. The Morgan fingerprint density at radius 3 is 2.86 bits per heavy atom. The van der Waals surface area contributed by atoms with Crippen LogP contribution in [-0.2, 0) is 34.7 Å². The summed E-state index contributed by atoms with van der Waals surface area (Å²) in [7, 11) is -1.80. The van der Waals surface area contributed by atoms with Crippen molar-refractivity contribution in [1.29, 1.82) is 0 Å². The van der Waals surface area contributed by atoms with E-state index in [4.69, 9.17) is 5.11 Å². The molecular formula is C12H15N3O4S2. The molecule has 9 heteroatoms. The zero-order valence-corrected chi connectivity index (χ0v) is 12.9. The van der Waals surface area contributed by atoms with Crippen molar-refractivity contribution in [2.24, 2.45) is 7.05 Å². The lowest BCUT2D eigenvalue weighted by Crippen LogP contribution is -2.25. The van der Waals surface area contributed by atoms with Crippen LogP contribution in [0.1, 0.15) is 10.4 Å². The molecule has 0 radical (unpaired) electrons. The summed E-state index contributed by atoms with van der Waals surface area (Å²) in [4.78, 5) is 11.1. The molecule has 0 aromatic carbocycles. The van der Waals surface area contributed by atoms with Gasteiger partial charge < -0.3 is 5.11 Å². The van der Waals surface area contributed by atoms with Gasteiger partial charge in [-0.1, -0.05) is 0 Å². The van der Waals surface area contributed by atoms with E-state index in [2.05, 4.69) is 9.82 Å². The van der Waals surface area contributed by atoms with Crippen molar-refractivity contribution < 1.29 is 18.3 Å². The van der Waals surface area contributed by atoms with Gasteiger partial charge in [-0.05, 0) is 24.1 Å². The maximum Gasteiger partial charge on any atom is 0.308 e. The standard InChI is InChI=1S/C12H15N3O4S2/c1-15-8-9(7-13-15)4-5-14-21(18,19)12-3-2-10(20-12)6-11(16)17/h2-3,7-8,14H,4-6H2,1H3,(H,16,17). The van der Waals surface area contributed by atoms with Gasteiger partial charge in [0.25, 0.3) is 0 Å². The van der Waals surface area contributed by atoms with Crippen LogP contribution in [0, 0.1) is 0 Å². The number of carbonyl (C=O) groups is 1. The van der Waals surface area contributed by atoms with E-state index >= 15 is 0 Å². The number of aliphatic carboxylic acids is 1. The van der Waals surface area contributed by atoms with Crippen molar-refractivity contribution in [3.8, 4) is 0 Å². The summed E-state index contributed by atoms with van der Waals surface area (Å²) in [5, 5.41) is 12.7. The van der Waals surface area contributed by atoms with Crippen molar-refractivity contribution in [2.75, 3.05) is 6.54 Å². The lowest BCUT2D eigenvalue weighted by atomic mass is 10.3. The van der Waals surface area contributed by atoms with E-state index < -0.39 is 16.0 Å². The van der Waals surface area contributed by atoms with Crippen LogP contribution in [-0.4, -0.2) is 35.8 Å². The maximum atomic E-state index is 12.1. The van der Waals surface area contributed by atoms with Crippen LogP contribution in [0.2, 0.25) is 0 Å². The molecule has 0 spiro atoms. The fourth-order valence-corrected chi connectivity index (χ4v) is 4.17. The zero-order chi connectivity index (χ0) is 15.5. The second-order valence-corrected chi connectivity index (χ2v) is 7.62. The molecule has 21 heavy (non-hydrogen) atoms. The predicted molar refractivity (Wildman–Crippen MR) is 77.8 cm³/mol. The number of hydrogen-bond donors (Lipinski definition) is 2. The second-order valence-electron chi connectivity index (χ2n) is 4.46. The molecule has 2 rings (SSSR count). The Balaban J connectivity index is 1.94. The van der Waals surface area contributed by atoms with E-state index in [9.17, 15) is 13.2 Å². The minimum absolute atomic E-state index is 0.130. The number of aromatic nitrogens is 2. The average Bonchev–Trinajstić information content (AvgIpc) is 2.98. The molecular weight excluding hydrogens is 314 g/mol. The number of carboxylic acids is 1. The lowest BCUT2D eigenvalue weighted by Gasteiger charge is -2.03. The number of aryl methyl sites for hydroxylation is 1. The Hall–Kier alpha value is -1.71. The van der Waals surface area contributed by atoms with Crippen LogP contribution in [0.5, 0.6) is 0 Å². The molecule has 114 valence electrons. The van der Waals surface area contributed by atoms with Crippen molar-refractivity contribution in [3.05, 3.63) is 35.0 Å². The molecule has 7 nitrogen and oxygen atoms in total. The normalized spacial score (nSPS) is 11.7. The largest absolute Gasteiger partial charge is 0.481 e. The van der Waals surface area contributed by atoms with Crippen LogP contribution in [0.25, 0.3) is 0 Å². The number of nitrogens with one attached hydrogen (secondary N) is 1. The Morgan fingerprint density at radius 2 is 2.24 bits per heavy atom. The minimum atomic E-state index is -3.59. The van der Waals surface area contributed by atoms with E-state index in [0.717, 1.165) is 16.9 Å². The van der Waals surface area contributed by atoms with E-state index in [1.807, 2.05) is 6.20 Å². The van der Waals surface area contributed by atoms with Gasteiger partial charge in [0.05, 0.1) is 12.6 Å². The lowest BCUT2D eigenvalue weighted by molar-refractivity contribution is -0.136. The number of thiophene rings is 1. The molecule has 2 aromatic rings. The van der Waals surface area contributed by atoms with Crippen LogP contribution in [0.3, 0.4) is 0 Å². The molecule has 0 atom stereocenters. The highest BCUT2D eigenvalue weighted by atomic mass is 32.2. The van der Waals surface area contributed by atoms with E-state index in [1.54, 1.807) is 17.9 Å². The first kappa shape index (κ1) is 15.7. The first-order valence-electron chi connectivity index (χ1n) is 6.14. The van der Waals surface area contributed by atoms with Gasteiger partial charge >= 0.3 is 5.97 Å². The monoisotopic (exact) mass is 329 g/mol. The van der Waals surface area contributed by atoms with Gasteiger partial charge in [0, 0.05) is 24.7 Å². The highest BCUT2D eigenvalue weighted by Gasteiger charge is 2.17. The highest BCUT2D eigenvalue weighted by Crippen LogP contribution is 2.21. The summed E-state index contributed by atoms with van der Waals surface area (Å²) in [5.74, 6) is -0.981. The second kappa shape index (κ2) is 6.37. The number of carboxylic acid groups (broad SMARTS) is 1. The molecule has 0 amide bonds. The van der Waals surface area contributed by atoms with E-state index in [1.165, 1.54) is 12.1 Å². The topological polar surface area (TPSA) is 101 Å². The van der Waals surface area contributed by atoms with Crippen molar-refractivity contribution >= 4 is 27.3 Å². The molecule has 0 aliphatic heterocycles. The Bertz CT molecular complexity index is 733. The molecule has 0 saturated heterocycles. The fourth-order valence-electron chi connectivity index (χ4n) is 1.75. The molecule has 0 aliphatic carbocycles. The van der Waals surface area contributed by atoms with E-state index in [-0.39, 0.29) is 17.2 Å². The summed E-state index contributed by atoms with van der Waals surface area (Å²) >= 11 is 0.971. The van der Waals surface area contributed by atoms with Crippen LogP contribution < -0.4 is 4.72 Å². The van der Waals surface area contributed by atoms with E-state index in [0.29, 0.717) is 11.3 Å². The summed E-state index contributed by atoms with van der Waals surface area (Å²) in [5.41, 5.74) is 0.943. The summed E-state index contributed by atoms with van der Waals surface area (Å²) in [6, 6.07) is 2.95. The number of rotatable bonds is 7. The quantitative estimate of drug-likeness (QED) is 0.776. The predicted octanol–water partition coefficient (Wildman–Crippen LogP) is 0.630. The van der Waals surface area contributed by atoms with Crippen LogP contribution in [0.15, 0.2) is 28.7 Å². The van der Waals surface area contributed by atoms with Gasteiger partial charge in [-0.3, -0.25) is 9.48 Å². The number of sulfonamides is 1. The fraction of sp³-hybridized carbons (Fsp3) is 0.333. The number of hydrogen-bond acceptors (Lipinski definition) is 5. The zero-order valence-electron chi connectivity index (χ0n) is 11.3. The molecule has 2 heterocycles. The molecule has 0 saturated carbocycles. The molecule has 0 bridgehead atoms. The molecule has 0 aliphatic rings. The van der Waals surface area contributed by atoms with Crippen molar-refractivity contribution in [3.63, 3.8) is 0 Å². The van der Waals surface area contributed by atoms with Gasteiger partial charge in [-0.25, -0.2) is 13.1 Å². The summed E-state index contributed by atoms with van der Waals surface area (Å²) in [6.07, 6.45) is 3.88. The molecule has 2 N–H and O–H groups in total. The first-order chi connectivity index (χ1) is 9.87. The van der Waals surface area contributed by atoms with Gasteiger partial charge in [0.1, 0.15) is 4.21 Å². The third kappa shape index (κ3) is 4.38. The van der Waals surface area contributed by atoms with Crippen LogP contribution in [0.4, 0.5) is 0 Å². The smallest absolute Gasteiger partial charge is 0.308 e. The minimum Gasteiger partial charge on any atom is -0.481 e. The summed E-state index contributed by atoms with van der Waals surface area (Å²) < 4.78 is 28.4. The molecule has 0 fully saturated rings. The van der Waals surface area contributed by atoms with Gasteiger partial charge in [-0.15, -0.1) is 11.3 Å². The van der Waals surface area contributed by atoms with Gasteiger partial charge in [-0.2, -0.15) is 5.10 Å². The SMILES string of the molecule is Cn1cc(CCNS(=O)(=O)c2ccc(CC(=O)O)s2)cn1. The third-order valence-electron chi connectivity index (χ3n) is 2.69. The molecule has 0 unspecified atom stereocenters. The van der Waals surface area contributed by atoms with Crippen molar-refractivity contribution in [1.82, 2.24) is 14.5 Å². The number of nitrogens with zero attached hydrogens (tertiary/aromatic N) is 2. The Morgan fingerprint density at radius 1 is 1.48 bits per heavy atom. The first-order valence-corrected chi connectivity index (χ1v) is 8.44. The Kier molecular flexibility index (Phi) is 4.76. The highest BCUT2D eigenvalue weighted by molar-refractivity contribution is 7.91. The maximum absolute atomic E-state index is 12.1. The summed E-state index contributed by atoms with van der Waals surface area (Å²) in [6.45, 7) is 0.264. The Labute approximate surface area is 126 Å².